The van der Waals surface area contributed by atoms with Crippen molar-refractivity contribution >= 4 is 12.2 Å². The molecule has 1 aromatic carbocycles. The molecule has 12 heavy (non-hydrogen) atoms. The Bertz CT molecular complexity index is 281. The molecule has 0 heterocycles. The second-order valence-electron chi connectivity index (χ2n) is 1.90. The molecule has 0 amide bonds. The Balaban J connectivity index is 2.77. The minimum Gasteiger partial charge on any atom is -0.429 e. The zero-order valence-electron chi connectivity index (χ0n) is 6.04. The highest BCUT2D eigenvalue weighted by Gasteiger charge is 1.92. The topological polar surface area (TPSA) is 71.2 Å². The molecule has 0 atom stereocenters. The minimum atomic E-state index is 0.336. The Hall–Kier alpha value is -1.91. The van der Waals surface area contributed by atoms with Crippen LogP contribution in [-0.2, 0) is 4.79 Å². The average Bonchev–Trinajstić information content (AvgIpc) is 2.09. The third-order valence-corrected chi connectivity index (χ3v) is 1.18. The summed E-state index contributed by atoms with van der Waals surface area (Å²) >= 11 is 0. The van der Waals surface area contributed by atoms with Gasteiger partial charge in [0.25, 0.3) is 6.47 Å². The van der Waals surface area contributed by atoms with Crippen LogP contribution in [-0.4, -0.2) is 11.7 Å². The Morgan fingerprint density at radius 2 is 2.00 bits per heavy atom. The first-order valence-corrected chi connectivity index (χ1v) is 3.12. The van der Waals surface area contributed by atoms with E-state index in [0.29, 0.717) is 17.9 Å². The fourth-order valence-electron chi connectivity index (χ4n) is 0.699. The number of rotatable bonds is 3. The van der Waals surface area contributed by atoms with Gasteiger partial charge in [0, 0.05) is 5.28 Å². The first-order chi connectivity index (χ1) is 5.86. The highest BCUT2D eigenvalue weighted by molar-refractivity contribution is 5.48. The largest absolute Gasteiger partial charge is 0.429 e. The Morgan fingerprint density at radius 1 is 1.33 bits per heavy atom. The lowest BCUT2D eigenvalue weighted by atomic mass is 10.3. The van der Waals surface area contributed by atoms with Crippen molar-refractivity contribution in [2.24, 2.45) is 10.4 Å². The Morgan fingerprint density at radius 3 is 2.50 bits per heavy atom. The molecule has 0 fully saturated rings. The average molecular weight is 166 g/mol. The summed E-state index contributed by atoms with van der Waals surface area (Å²) in [7, 11) is 0. The predicted octanol–water partition coefficient (Wildman–Crippen LogP) is 1.69. The van der Waals surface area contributed by atoms with Crippen LogP contribution in [0.4, 0.5) is 5.69 Å². The van der Waals surface area contributed by atoms with Crippen molar-refractivity contribution in [1.82, 2.24) is 0 Å². The lowest BCUT2D eigenvalue weighted by Gasteiger charge is -1.95. The quantitative estimate of drug-likeness (QED) is 0.422. The minimum absolute atomic E-state index is 0.336. The zero-order valence-corrected chi connectivity index (χ0v) is 6.04. The molecule has 5 nitrogen and oxygen atoms in total. The first kappa shape index (κ1) is 8.19. The van der Waals surface area contributed by atoms with Gasteiger partial charge in [-0.15, -0.1) is 5.11 Å². The maximum absolute atomic E-state index is 9.88. The van der Waals surface area contributed by atoms with Crippen molar-refractivity contribution in [3.8, 4) is 5.75 Å². The summed E-state index contributed by atoms with van der Waals surface area (Å²) < 4.78 is 4.52. The van der Waals surface area contributed by atoms with Gasteiger partial charge in [-0.1, -0.05) is 0 Å². The molecule has 0 spiro atoms. The fourth-order valence-corrected chi connectivity index (χ4v) is 0.699. The van der Waals surface area contributed by atoms with Gasteiger partial charge in [-0.3, -0.25) is 4.79 Å². The molecule has 0 aliphatic heterocycles. The molecule has 1 aromatic rings. The van der Waals surface area contributed by atoms with Crippen molar-refractivity contribution in [3.05, 3.63) is 24.3 Å². The summed E-state index contributed by atoms with van der Waals surface area (Å²) in [5.41, 5.74) is 0.482. The molecule has 0 aliphatic rings. The van der Waals surface area contributed by atoms with E-state index in [1.54, 1.807) is 24.3 Å². The van der Waals surface area contributed by atoms with E-state index in [4.69, 9.17) is 5.21 Å². The van der Waals surface area contributed by atoms with Gasteiger partial charge in [0.05, 0.1) is 5.69 Å². The van der Waals surface area contributed by atoms with E-state index in [1.807, 2.05) is 0 Å². The number of hydrogen-bond acceptors (Lipinski definition) is 4. The van der Waals surface area contributed by atoms with Crippen LogP contribution in [0.3, 0.4) is 0 Å². The van der Waals surface area contributed by atoms with E-state index >= 15 is 0 Å². The van der Waals surface area contributed by atoms with Gasteiger partial charge in [-0.2, -0.15) is 0 Å². The summed E-state index contributed by atoms with van der Waals surface area (Å²) in [5, 5.41) is 14.0. The van der Waals surface area contributed by atoms with E-state index in [2.05, 4.69) is 15.1 Å². The molecule has 1 N–H and O–H groups in total. The van der Waals surface area contributed by atoms with Crippen LogP contribution in [0, 0.1) is 0 Å². The molecule has 62 valence electrons. The number of carbonyl (C=O) groups is 1. The Labute approximate surface area is 68.3 Å². The standard InChI is InChI=1S/C7H6N2O3/c10-5-12-7-3-1-6(2-4-7)8-9-11/h1-5H,(H,8,11). The second kappa shape index (κ2) is 4.07. The first-order valence-electron chi connectivity index (χ1n) is 3.12. The SMILES string of the molecule is O=COc1ccc(N=NO)cc1. The van der Waals surface area contributed by atoms with Crippen molar-refractivity contribution in [3.63, 3.8) is 0 Å². The van der Waals surface area contributed by atoms with Crippen LogP contribution in [0.25, 0.3) is 0 Å². The lowest BCUT2D eigenvalue weighted by Crippen LogP contribution is -1.86. The number of carbonyl (C=O) groups excluding carboxylic acids is 1. The maximum atomic E-state index is 9.88. The zero-order chi connectivity index (χ0) is 8.81. The summed E-state index contributed by atoms with van der Waals surface area (Å²) in [6.45, 7) is 0.336. The predicted molar refractivity (Wildman–Crippen MR) is 39.4 cm³/mol. The molecule has 1 rings (SSSR count). The summed E-state index contributed by atoms with van der Waals surface area (Å²) in [6.07, 6.45) is 0. The molecule has 0 radical (unpaired) electrons. The Kier molecular flexibility index (Phi) is 2.78. The lowest BCUT2D eigenvalue weighted by molar-refractivity contribution is -0.120. The van der Waals surface area contributed by atoms with Gasteiger partial charge >= 0.3 is 0 Å². The van der Waals surface area contributed by atoms with Crippen molar-refractivity contribution in [1.29, 1.82) is 0 Å². The van der Waals surface area contributed by atoms with Crippen LogP contribution in [0.2, 0.25) is 0 Å². The van der Waals surface area contributed by atoms with Gasteiger partial charge in [0.2, 0.25) is 0 Å². The normalized spacial score (nSPS) is 10.0. The van der Waals surface area contributed by atoms with Crippen molar-refractivity contribution < 1.29 is 14.7 Å². The molecular formula is C7H6N2O3. The van der Waals surface area contributed by atoms with Crippen LogP contribution in [0.15, 0.2) is 34.7 Å². The monoisotopic (exact) mass is 166 g/mol. The van der Waals surface area contributed by atoms with Gasteiger partial charge in [0.1, 0.15) is 5.75 Å². The van der Waals surface area contributed by atoms with Crippen LogP contribution >= 0.6 is 0 Å². The second-order valence-corrected chi connectivity index (χ2v) is 1.90. The molecule has 0 bridgehead atoms. The summed E-state index contributed by atoms with van der Waals surface area (Å²) in [4.78, 5) is 9.88. The number of nitrogens with zero attached hydrogens (tertiary/aromatic N) is 2. The van der Waals surface area contributed by atoms with Crippen LogP contribution < -0.4 is 4.74 Å². The maximum Gasteiger partial charge on any atom is 0.298 e. The summed E-state index contributed by atoms with van der Waals surface area (Å²) in [5.74, 6) is 0.418. The molecule has 0 aliphatic carbocycles. The third kappa shape index (κ3) is 2.05. The van der Waals surface area contributed by atoms with E-state index in [9.17, 15) is 4.79 Å². The van der Waals surface area contributed by atoms with Gasteiger partial charge in [-0.25, -0.2) is 0 Å². The van der Waals surface area contributed by atoms with Gasteiger partial charge in [-0.05, 0) is 24.3 Å². The fraction of sp³-hybridized carbons (Fsp3) is 0. The molecule has 0 saturated heterocycles. The van der Waals surface area contributed by atoms with E-state index in [-0.39, 0.29) is 0 Å². The molecule has 5 heteroatoms. The number of benzene rings is 1. The van der Waals surface area contributed by atoms with Crippen LogP contribution in [0.5, 0.6) is 5.75 Å². The van der Waals surface area contributed by atoms with Crippen molar-refractivity contribution in [2.75, 3.05) is 0 Å². The third-order valence-electron chi connectivity index (χ3n) is 1.18. The highest BCUT2D eigenvalue weighted by atomic mass is 16.5. The number of hydrogen-bond donors (Lipinski definition) is 1. The van der Waals surface area contributed by atoms with E-state index in [0.717, 1.165) is 0 Å². The van der Waals surface area contributed by atoms with Crippen molar-refractivity contribution in [2.45, 2.75) is 0 Å². The van der Waals surface area contributed by atoms with E-state index in [1.165, 1.54) is 0 Å². The smallest absolute Gasteiger partial charge is 0.298 e. The van der Waals surface area contributed by atoms with E-state index < -0.39 is 0 Å². The molecule has 0 saturated carbocycles. The molecule has 0 aromatic heterocycles. The highest BCUT2D eigenvalue weighted by Crippen LogP contribution is 2.17. The van der Waals surface area contributed by atoms with Gasteiger partial charge in [0.15, 0.2) is 0 Å². The molecule has 0 unspecified atom stereocenters. The molecular weight excluding hydrogens is 160 g/mol. The summed E-state index contributed by atoms with van der Waals surface area (Å²) in [6, 6.07) is 6.19. The number of ether oxygens (including phenoxy) is 1. The van der Waals surface area contributed by atoms with Crippen LogP contribution in [0.1, 0.15) is 0 Å². The van der Waals surface area contributed by atoms with Gasteiger partial charge < -0.3 is 9.94 Å².